The molecule has 2 heterocycles. The highest BCUT2D eigenvalue weighted by atomic mass is 19.1. The highest BCUT2D eigenvalue weighted by molar-refractivity contribution is 5.97. The number of nitrogens with two attached hydrogens (primary N) is 2. The van der Waals surface area contributed by atoms with E-state index in [4.69, 9.17) is 11.5 Å². The number of nitrogens with one attached hydrogen (secondary N) is 6. The molecule has 382 valence electrons. The molecule has 11 N–H and O–H groups in total. The molecular weight excluding hydrogens is 925 g/mol. The molecule has 0 unspecified atom stereocenters. The van der Waals surface area contributed by atoms with Crippen molar-refractivity contribution in [2.24, 2.45) is 16.9 Å². The SMILES string of the molecule is C[C@H](NC(=O)Cc1ccncc1)C(=O)N[C@@H](C)C(=O)N[C@@H](CC(N)=O)C(=O)N[C@@H](CCN(C(=O)CO)[C@@H](c1cc(-c2cc(F)ccc2F)cn1Cc1ccccc1)C(C)(C)C)C(=O)NCCNC(=O)CN. The van der Waals surface area contributed by atoms with Crippen LogP contribution in [0, 0.1) is 17.0 Å². The van der Waals surface area contributed by atoms with E-state index in [9.17, 15) is 47.9 Å². The number of pyridine rings is 1. The first-order valence-electron chi connectivity index (χ1n) is 22.8. The van der Waals surface area contributed by atoms with Gasteiger partial charge in [0.2, 0.25) is 47.3 Å². The Bertz CT molecular complexity index is 2500. The molecule has 8 amide bonds. The molecule has 4 rings (SSSR count). The molecule has 4 aromatic rings. The van der Waals surface area contributed by atoms with Gasteiger partial charge in [-0.25, -0.2) is 8.78 Å². The van der Waals surface area contributed by atoms with Gasteiger partial charge in [0, 0.05) is 61.6 Å². The lowest BCUT2D eigenvalue weighted by Crippen LogP contribution is -2.58. The zero-order valence-corrected chi connectivity index (χ0v) is 40.3. The van der Waals surface area contributed by atoms with Crippen LogP contribution < -0.4 is 43.4 Å². The minimum absolute atomic E-state index is 0.0407. The fourth-order valence-corrected chi connectivity index (χ4v) is 7.65. The summed E-state index contributed by atoms with van der Waals surface area (Å²) in [6, 6.07) is 10.6. The second-order valence-electron chi connectivity index (χ2n) is 17.9. The second-order valence-corrected chi connectivity index (χ2v) is 17.9. The Balaban J connectivity index is 1.63. The van der Waals surface area contributed by atoms with Gasteiger partial charge in [-0.3, -0.25) is 43.3 Å². The van der Waals surface area contributed by atoms with Crippen molar-refractivity contribution in [1.82, 2.24) is 46.4 Å². The van der Waals surface area contributed by atoms with Crippen molar-refractivity contribution in [2.45, 2.75) is 90.6 Å². The summed E-state index contributed by atoms with van der Waals surface area (Å²) >= 11 is 0. The molecule has 2 aromatic heterocycles. The van der Waals surface area contributed by atoms with Crippen molar-refractivity contribution < 1.29 is 52.2 Å². The quantitative estimate of drug-likeness (QED) is 0.0411. The third-order valence-corrected chi connectivity index (χ3v) is 11.1. The van der Waals surface area contributed by atoms with Crippen LogP contribution >= 0.6 is 0 Å². The van der Waals surface area contributed by atoms with Gasteiger partial charge in [-0.1, -0.05) is 51.1 Å². The Morgan fingerprint density at radius 2 is 1.39 bits per heavy atom. The molecule has 0 saturated carbocycles. The summed E-state index contributed by atoms with van der Waals surface area (Å²) in [4.78, 5) is 110. The number of rotatable bonds is 25. The first-order valence-corrected chi connectivity index (χ1v) is 22.8. The second kappa shape index (κ2) is 26.4. The minimum atomic E-state index is -1.70. The number of amides is 8. The highest BCUT2D eigenvalue weighted by Gasteiger charge is 2.38. The van der Waals surface area contributed by atoms with Crippen molar-refractivity contribution in [3.63, 3.8) is 0 Å². The van der Waals surface area contributed by atoms with Crippen LogP contribution in [0.3, 0.4) is 0 Å². The normalized spacial score (nSPS) is 13.3. The molecule has 2 aromatic carbocycles. The van der Waals surface area contributed by atoms with E-state index >= 15 is 4.39 Å². The molecule has 0 spiro atoms. The molecular formula is C49H63F2N11O9. The summed E-state index contributed by atoms with van der Waals surface area (Å²) in [5.74, 6) is -7.73. The number of benzene rings is 2. The van der Waals surface area contributed by atoms with Crippen molar-refractivity contribution >= 4 is 47.3 Å². The number of aromatic nitrogens is 2. The number of aliphatic hydroxyl groups excluding tert-OH is 1. The third-order valence-electron chi connectivity index (χ3n) is 11.1. The average molecular weight is 988 g/mol. The highest BCUT2D eigenvalue weighted by Crippen LogP contribution is 2.41. The molecule has 0 aliphatic heterocycles. The van der Waals surface area contributed by atoms with Crippen molar-refractivity contribution in [3.05, 3.63) is 114 Å². The van der Waals surface area contributed by atoms with Crippen molar-refractivity contribution in [1.29, 1.82) is 0 Å². The summed E-state index contributed by atoms with van der Waals surface area (Å²) in [7, 11) is 0. The Morgan fingerprint density at radius 1 is 0.761 bits per heavy atom. The maximum atomic E-state index is 15.3. The summed E-state index contributed by atoms with van der Waals surface area (Å²) < 4.78 is 31.7. The van der Waals surface area contributed by atoms with Gasteiger partial charge < -0.3 is 57.9 Å². The van der Waals surface area contributed by atoms with Crippen LogP contribution in [-0.2, 0) is 51.3 Å². The Kier molecular flexibility index (Phi) is 20.8. The van der Waals surface area contributed by atoms with Crippen LogP contribution in [0.15, 0.2) is 85.3 Å². The number of nitrogens with zero attached hydrogens (tertiary/aromatic N) is 3. The molecule has 0 radical (unpaired) electrons. The number of primary amides is 1. The topological polar surface area (TPSA) is 302 Å². The van der Waals surface area contributed by atoms with Gasteiger partial charge >= 0.3 is 0 Å². The van der Waals surface area contributed by atoms with Crippen LogP contribution in [0.2, 0.25) is 0 Å². The van der Waals surface area contributed by atoms with E-state index in [1.165, 1.54) is 31.1 Å². The summed E-state index contributed by atoms with van der Waals surface area (Å²) in [5, 5.41) is 25.4. The number of halogens is 2. The molecule has 0 saturated heterocycles. The summed E-state index contributed by atoms with van der Waals surface area (Å²) in [5.41, 5.74) is 12.2. The smallest absolute Gasteiger partial charge is 0.248 e. The lowest BCUT2D eigenvalue weighted by Gasteiger charge is -2.41. The zero-order valence-electron chi connectivity index (χ0n) is 40.3. The van der Waals surface area contributed by atoms with Gasteiger partial charge in [0.1, 0.15) is 42.4 Å². The van der Waals surface area contributed by atoms with E-state index in [0.29, 0.717) is 16.8 Å². The Hall–Kier alpha value is -7.59. The molecule has 0 aliphatic carbocycles. The van der Waals surface area contributed by atoms with Crippen LogP contribution in [0.25, 0.3) is 11.1 Å². The number of hydrogen-bond donors (Lipinski definition) is 9. The average Bonchev–Trinajstić information content (AvgIpc) is 3.72. The molecule has 5 atom stereocenters. The fraction of sp³-hybridized carbons (Fsp3) is 0.408. The molecule has 20 nitrogen and oxygen atoms in total. The zero-order chi connectivity index (χ0) is 52.4. The van der Waals surface area contributed by atoms with Gasteiger partial charge in [-0.15, -0.1) is 0 Å². The number of carbonyl (C=O) groups is 8. The fourth-order valence-electron chi connectivity index (χ4n) is 7.65. The van der Waals surface area contributed by atoms with E-state index < -0.39 is 108 Å². The van der Waals surface area contributed by atoms with E-state index in [1.54, 1.807) is 29.0 Å². The summed E-state index contributed by atoms with van der Waals surface area (Å²) in [6.45, 7) is 6.55. The van der Waals surface area contributed by atoms with E-state index in [0.717, 1.165) is 23.8 Å². The molecule has 0 aliphatic rings. The maximum Gasteiger partial charge on any atom is 0.248 e. The number of hydrogen-bond acceptors (Lipinski definition) is 11. The Labute approximate surface area is 410 Å². The van der Waals surface area contributed by atoms with Crippen molar-refractivity contribution in [2.75, 3.05) is 32.8 Å². The maximum absolute atomic E-state index is 15.3. The predicted octanol–water partition coefficient (Wildman–Crippen LogP) is 0.463. The van der Waals surface area contributed by atoms with Crippen LogP contribution in [0.1, 0.15) is 70.3 Å². The van der Waals surface area contributed by atoms with Crippen LogP contribution in [0.4, 0.5) is 8.78 Å². The van der Waals surface area contributed by atoms with E-state index in [1.807, 2.05) is 51.1 Å². The molecule has 22 heteroatoms. The van der Waals surface area contributed by atoms with Gasteiger partial charge in [0.15, 0.2) is 0 Å². The predicted molar refractivity (Wildman–Crippen MR) is 257 cm³/mol. The van der Waals surface area contributed by atoms with Gasteiger partial charge in [-0.2, -0.15) is 0 Å². The monoisotopic (exact) mass is 987 g/mol. The third kappa shape index (κ3) is 17.1. The number of carbonyl (C=O) groups excluding carboxylic acids is 8. The largest absolute Gasteiger partial charge is 0.387 e. The lowest BCUT2D eigenvalue weighted by molar-refractivity contribution is -0.140. The van der Waals surface area contributed by atoms with Crippen LogP contribution in [-0.4, -0.2) is 124 Å². The molecule has 0 fully saturated rings. The minimum Gasteiger partial charge on any atom is -0.387 e. The van der Waals surface area contributed by atoms with Crippen molar-refractivity contribution in [3.8, 4) is 11.1 Å². The van der Waals surface area contributed by atoms with Gasteiger partial charge in [0.05, 0.1) is 25.4 Å². The van der Waals surface area contributed by atoms with Gasteiger partial charge in [0.25, 0.3) is 0 Å². The Morgan fingerprint density at radius 3 is 2.03 bits per heavy atom. The first-order chi connectivity index (χ1) is 33.6. The summed E-state index contributed by atoms with van der Waals surface area (Å²) in [6.07, 6.45) is 3.51. The van der Waals surface area contributed by atoms with Crippen LogP contribution in [0.5, 0.6) is 0 Å². The van der Waals surface area contributed by atoms with E-state index in [2.05, 4.69) is 36.9 Å². The molecule has 71 heavy (non-hydrogen) atoms. The van der Waals surface area contributed by atoms with Gasteiger partial charge in [-0.05, 0) is 73.2 Å². The first kappa shape index (κ1) is 56.0. The lowest BCUT2D eigenvalue weighted by atomic mass is 9.82. The van der Waals surface area contributed by atoms with E-state index in [-0.39, 0.29) is 51.1 Å². The standard InChI is InChI=1S/C49H63F2N11O9/c1-29(57-41(65)21-31-13-16-54-17-14-31)45(68)58-30(2)46(69)60-38(24-40(53)64)48(71)59-37(47(70)56-19-18-55-42(66)25-52)15-20-62(43(67)28-63)44(49(3,4)5)39-22-33(35-23-34(50)11-12-36(35)51)27-61(39)26-32-9-7-6-8-10-32/h6-14,16-17,22-23,27,29-30,37-38,44,63H,15,18-21,24-26,28,52H2,1-5H3,(H2,53,64)(H,55,66)(H,56,70)(H,57,65)(H,58,68)(H,59,71)(H,60,69)/t29-,30-,37-,38-,44-/m0/s1. The molecule has 0 bridgehead atoms. The number of aliphatic hydroxyl groups is 1.